The number of carbonyl (C=O) groups excluding carboxylic acids is 1. The lowest BCUT2D eigenvalue weighted by Gasteiger charge is -2.36. The summed E-state index contributed by atoms with van der Waals surface area (Å²) in [5.41, 5.74) is 2.88. The second kappa shape index (κ2) is 7.36. The van der Waals surface area contributed by atoms with Gasteiger partial charge in [-0.3, -0.25) is 9.88 Å². The highest BCUT2D eigenvalue weighted by Gasteiger charge is 2.31. The molecular weight excluding hydrogens is 340 g/mol. The first-order valence-electron chi connectivity index (χ1n) is 9.21. The highest BCUT2D eigenvalue weighted by atomic mass is 16.2. The topological polar surface area (TPSA) is 75.1 Å². The molecule has 0 saturated carbocycles. The maximum absolute atomic E-state index is 12.3. The number of hydrogen-bond donors (Lipinski definition) is 2. The van der Waals surface area contributed by atoms with Gasteiger partial charge in [-0.25, -0.2) is 9.78 Å². The Kier molecular flexibility index (Phi) is 4.77. The van der Waals surface area contributed by atoms with E-state index in [0.29, 0.717) is 0 Å². The molecule has 0 radical (unpaired) electrons. The minimum absolute atomic E-state index is 0.104. The minimum atomic E-state index is -0.181. The van der Waals surface area contributed by atoms with E-state index in [1.807, 2.05) is 18.2 Å². The van der Waals surface area contributed by atoms with Crippen molar-refractivity contribution in [2.45, 2.75) is 24.9 Å². The molecule has 2 atom stereocenters. The summed E-state index contributed by atoms with van der Waals surface area (Å²) in [7, 11) is 4.18. The Morgan fingerprint density at radius 2 is 1.93 bits per heavy atom. The number of hydrogen-bond acceptors (Lipinski definition) is 4. The van der Waals surface area contributed by atoms with Gasteiger partial charge in [0.15, 0.2) is 0 Å². The number of benzene rings is 1. The van der Waals surface area contributed by atoms with Crippen molar-refractivity contribution in [1.82, 2.24) is 24.8 Å². The second-order valence-corrected chi connectivity index (χ2v) is 7.07. The summed E-state index contributed by atoms with van der Waals surface area (Å²) >= 11 is 0. The molecule has 1 aromatic carbocycles. The third-order valence-electron chi connectivity index (χ3n) is 5.26. The highest BCUT2D eigenvalue weighted by molar-refractivity contribution is 5.89. The summed E-state index contributed by atoms with van der Waals surface area (Å²) < 4.78 is 2.16. The molecular formula is C20H24N6O. The fraction of sp³-hybridized carbons (Fsp3) is 0.350. The van der Waals surface area contributed by atoms with E-state index >= 15 is 0 Å². The average Bonchev–Trinajstić information content (AvgIpc) is 3.01. The Labute approximate surface area is 158 Å². The third-order valence-corrected chi connectivity index (χ3v) is 5.26. The molecule has 27 heavy (non-hydrogen) atoms. The van der Waals surface area contributed by atoms with Crippen LogP contribution < -0.4 is 10.6 Å². The van der Waals surface area contributed by atoms with Gasteiger partial charge in [0.25, 0.3) is 0 Å². The van der Waals surface area contributed by atoms with Crippen LogP contribution in [-0.4, -0.2) is 45.1 Å². The van der Waals surface area contributed by atoms with E-state index in [1.54, 1.807) is 24.5 Å². The number of aromatic nitrogens is 3. The van der Waals surface area contributed by atoms with Gasteiger partial charge in [0, 0.05) is 37.7 Å². The molecule has 140 valence electrons. The smallest absolute Gasteiger partial charge is 0.319 e. The number of urea groups is 1. The molecule has 1 fully saturated rings. The predicted octanol–water partition coefficient (Wildman–Crippen LogP) is 2.93. The van der Waals surface area contributed by atoms with Gasteiger partial charge in [-0.15, -0.1) is 0 Å². The van der Waals surface area contributed by atoms with Gasteiger partial charge in [-0.1, -0.05) is 12.1 Å². The van der Waals surface area contributed by atoms with Gasteiger partial charge in [-0.2, -0.15) is 0 Å². The van der Waals surface area contributed by atoms with Crippen molar-refractivity contribution in [2.24, 2.45) is 7.05 Å². The molecule has 0 unspecified atom stereocenters. The Hall–Kier alpha value is -2.93. The molecule has 2 N–H and O–H groups in total. The Balaban J connectivity index is 1.48. The van der Waals surface area contributed by atoms with Crippen molar-refractivity contribution >= 4 is 22.8 Å². The first-order valence-corrected chi connectivity index (χ1v) is 9.21. The molecule has 1 saturated heterocycles. The van der Waals surface area contributed by atoms with E-state index in [1.165, 1.54) is 0 Å². The van der Waals surface area contributed by atoms with Crippen molar-refractivity contribution in [1.29, 1.82) is 0 Å². The summed E-state index contributed by atoms with van der Waals surface area (Å²) in [4.78, 5) is 23.5. The van der Waals surface area contributed by atoms with Crippen LogP contribution in [0.4, 0.5) is 10.5 Å². The zero-order valence-electron chi connectivity index (χ0n) is 15.6. The molecule has 2 aromatic heterocycles. The number of nitrogens with zero attached hydrogens (tertiary/aromatic N) is 4. The number of anilines is 1. The van der Waals surface area contributed by atoms with Gasteiger partial charge in [0.2, 0.25) is 0 Å². The van der Waals surface area contributed by atoms with Gasteiger partial charge in [-0.05, 0) is 44.2 Å². The van der Waals surface area contributed by atoms with Crippen molar-refractivity contribution < 1.29 is 4.79 Å². The van der Waals surface area contributed by atoms with Crippen LogP contribution in [0.3, 0.4) is 0 Å². The Bertz CT molecular complexity index is 938. The normalized spacial score (nSPS) is 20.5. The van der Waals surface area contributed by atoms with E-state index in [0.717, 1.165) is 41.9 Å². The van der Waals surface area contributed by atoms with E-state index in [4.69, 9.17) is 4.98 Å². The van der Waals surface area contributed by atoms with Crippen LogP contribution in [0.5, 0.6) is 0 Å². The van der Waals surface area contributed by atoms with Crippen molar-refractivity contribution in [3.63, 3.8) is 0 Å². The van der Waals surface area contributed by atoms with E-state index in [2.05, 4.69) is 45.2 Å². The molecule has 2 amide bonds. The molecule has 3 aromatic rings. The molecule has 4 rings (SSSR count). The van der Waals surface area contributed by atoms with Crippen LogP contribution in [0.1, 0.15) is 24.7 Å². The molecule has 7 nitrogen and oxygen atoms in total. The fourth-order valence-electron chi connectivity index (χ4n) is 3.77. The number of nitrogens with one attached hydrogen (secondary N) is 2. The number of amides is 2. The summed E-state index contributed by atoms with van der Waals surface area (Å²) in [5.74, 6) is 1.04. The van der Waals surface area contributed by atoms with Gasteiger partial charge in [0.1, 0.15) is 5.82 Å². The van der Waals surface area contributed by atoms with Crippen LogP contribution in [0.25, 0.3) is 11.0 Å². The number of para-hydroxylation sites is 2. The summed E-state index contributed by atoms with van der Waals surface area (Å²) in [6.45, 7) is 0.911. The lowest BCUT2D eigenvalue weighted by Crippen LogP contribution is -2.46. The predicted molar refractivity (Wildman–Crippen MR) is 105 cm³/mol. The number of fused-ring (bicyclic) bond motifs is 1. The average molecular weight is 364 g/mol. The molecule has 0 aliphatic carbocycles. The van der Waals surface area contributed by atoms with Gasteiger partial charge >= 0.3 is 6.03 Å². The SMILES string of the molecule is CN1CC[C@@H](NC(=O)Nc2ccncc2)C[C@@H]1c1nc2ccccc2n1C. The lowest BCUT2D eigenvalue weighted by molar-refractivity contribution is 0.150. The quantitative estimate of drug-likeness (QED) is 0.749. The van der Waals surface area contributed by atoms with E-state index in [-0.39, 0.29) is 18.1 Å². The van der Waals surface area contributed by atoms with Crippen LogP contribution in [0.15, 0.2) is 48.8 Å². The van der Waals surface area contributed by atoms with E-state index < -0.39 is 0 Å². The lowest BCUT2D eigenvalue weighted by atomic mass is 9.97. The minimum Gasteiger partial charge on any atom is -0.335 e. The third kappa shape index (κ3) is 3.64. The first kappa shape index (κ1) is 17.5. The number of pyridine rings is 1. The molecule has 0 bridgehead atoms. The zero-order chi connectivity index (χ0) is 18.8. The van der Waals surface area contributed by atoms with Crippen molar-refractivity contribution in [3.05, 3.63) is 54.6 Å². The zero-order valence-corrected chi connectivity index (χ0v) is 15.6. The van der Waals surface area contributed by atoms with E-state index in [9.17, 15) is 4.79 Å². The highest BCUT2D eigenvalue weighted by Crippen LogP contribution is 2.31. The number of rotatable bonds is 3. The summed E-state index contributed by atoms with van der Waals surface area (Å²) in [5, 5.41) is 5.97. The van der Waals surface area contributed by atoms with Gasteiger partial charge < -0.3 is 15.2 Å². The summed E-state index contributed by atoms with van der Waals surface area (Å²) in [6.07, 6.45) is 5.07. The summed E-state index contributed by atoms with van der Waals surface area (Å²) in [6, 6.07) is 11.8. The molecule has 1 aliphatic rings. The monoisotopic (exact) mass is 364 g/mol. The molecule has 1 aliphatic heterocycles. The number of carbonyl (C=O) groups is 1. The van der Waals surface area contributed by atoms with Crippen LogP contribution >= 0.6 is 0 Å². The largest absolute Gasteiger partial charge is 0.335 e. The molecule has 3 heterocycles. The maximum Gasteiger partial charge on any atom is 0.319 e. The van der Waals surface area contributed by atoms with Crippen LogP contribution in [-0.2, 0) is 7.05 Å². The van der Waals surface area contributed by atoms with Crippen molar-refractivity contribution in [2.75, 3.05) is 18.9 Å². The second-order valence-electron chi connectivity index (χ2n) is 7.07. The van der Waals surface area contributed by atoms with Gasteiger partial charge in [0.05, 0.1) is 17.1 Å². The molecule has 0 spiro atoms. The number of likely N-dealkylation sites (tertiary alicyclic amines) is 1. The first-order chi connectivity index (χ1) is 13.1. The Morgan fingerprint density at radius 1 is 1.15 bits per heavy atom. The maximum atomic E-state index is 12.3. The standard InChI is InChI=1S/C20H24N6O/c1-25-12-9-15(23-20(27)22-14-7-10-21-11-8-14)13-18(25)19-24-16-5-3-4-6-17(16)26(19)2/h3-8,10-11,15,18H,9,12-13H2,1-2H3,(H2,21,22,23,27)/t15-,18-/m1/s1. The number of piperidine rings is 1. The van der Waals surface area contributed by atoms with Crippen molar-refractivity contribution in [3.8, 4) is 0 Å². The molecule has 7 heteroatoms. The number of imidazole rings is 1. The Morgan fingerprint density at radius 3 is 2.70 bits per heavy atom. The fourth-order valence-corrected chi connectivity index (χ4v) is 3.77. The number of aryl methyl sites for hydroxylation is 1. The van der Waals surface area contributed by atoms with Crippen LogP contribution in [0.2, 0.25) is 0 Å². The van der Waals surface area contributed by atoms with Crippen LogP contribution in [0, 0.1) is 0 Å².